The lowest BCUT2D eigenvalue weighted by molar-refractivity contribution is 0.00633. The van der Waals surface area contributed by atoms with E-state index < -0.39 is 32.0 Å². The molecule has 1 aromatic rings. The Kier molecular flexibility index (Phi) is 3.81. The van der Waals surface area contributed by atoms with Gasteiger partial charge < -0.3 is 5.11 Å². The van der Waals surface area contributed by atoms with Gasteiger partial charge in [-0.05, 0) is 39.8 Å². The number of pyridine rings is 1. The third kappa shape index (κ3) is 3.04. The van der Waals surface area contributed by atoms with E-state index in [0.29, 0.717) is 0 Å². The molecule has 0 unspecified atom stereocenters. The van der Waals surface area contributed by atoms with Crippen molar-refractivity contribution in [2.75, 3.05) is 0 Å². The van der Waals surface area contributed by atoms with E-state index >= 15 is 0 Å². The standard InChI is InChI=1S/C11H17FN2O3S/c1-10(2,11(3,4)15)14-18(16,17)9-8(12)6-5-7-13-9/h5-7,14-15H,1-4H3. The minimum absolute atomic E-state index is 0.678. The second-order valence-corrected chi connectivity index (χ2v) is 6.68. The Morgan fingerprint density at radius 3 is 2.33 bits per heavy atom. The highest BCUT2D eigenvalue weighted by molar-refractivity contribution is 7.89. The molecule has 0 bridgehead atoms. The molecular formula is C11H17FN2O3S. The van der Waals surface area contributed by atoms with Crippen LogP contribution in [0.1, 0.15) is 27.7 Å². The molecule has 0 saturated carbocycles. The molecule has 1 rings (SSSR count). The van der Waals surface area contributed by atoms with Gasteiger partial charge in [0.15, 0.2) is 5.82 Å². The average molecular weight is 276 g/mol. The highest BCUT2D eigenvalue weighted by Gasteiger charge is 2.39. The van der Waals surface area contributed by atoms with E-state index in [4.69, 9.17) is 0 Å². The minimum atomic E-state index is -4.13. The largest absolute Gasteiger partial charge is 0.389 e. The lowest BCUT2D eigenvalue weighted by atomic mass is 9.87. The zero-order chi connectivity index (χ0) is 14.2. The summed E-state index contributed by atoms with van der Waals surface area (Å²) >= 11 is 0. The molecule has 0 aliphatic carbocycles. The molecule has 0 spiro atoms. The van der Waals surface area contributed by atoms with Crippen LogP contribution in [0.15, 0.2) is 23.4 Å². The molecule has 0 aliphatic rings. The van der Waals surface area contributed by atoms with Crippen LogP contribution in [0.25, 0.3) is 0 Å². The predicted molar refractivity (Wildman–Crippen MR) is 64.9 cm³/mol. The van der Waals surface area contributed by atoms with Crippen molar-refractivity contribution in [3.05, 3.63) is 24.1 Å². The molecule has 0 amide bonds. The lowest BCUT2D eigenvalue weighted by Crippen LogP contribution is -2.57. The van der Waals surface area contributed by atoms with Gasteiger partial charge in [-0.1, -0.05) is 0 Å². The van der Waals surface area contributed by atoms with E-state index in [-0.39, 0.29) is 0 Å². The third-order valence-electron chi connectivity index (χ3n) is 2.90. The summed E-state index contributed by atoms with van der Waals surface area (Å²) in [5, 5.41) is 9.21. The van der Waals surface area contributed by atoms with Gasteiger partial charge >= 0.3 is 0 Å². The van der Waals surface area contributed by atoms with Gasteiger partial charge in [-0.15, -0.1) is 0 Å². The average Bonchev–Trinajstić information content (AvgIpc) is 2.14. The Morgan fingerprint density at radius 1 is 1.33 bits per heavy atom. The first-order valence-electron chi connectivity index (χ1n) is 5.34. The monoisotopic (exact) mass is 276 g/mol. The van der Waals surface area contributed by atoms with Gasteiger partial charge in [0.05, 0.1) is 11.1 Å². The van der Waals surface area contributed by atoms with E-state index in [1.54, 1.807) is 0 Å². The van der Waals surface area contributed by atoms with Gasteiger partial charge in [-0.2, -0.15) is 0 Å². The first kappa shape index (κ1) is 15.0. The van der Waals surface area contributed by atoms with Crippen molar-refractivity contribution in [1.82, 2.24) is 9.71 Å². The van der Waals surface area contributed by atoms with E-state index in [9.17, 15) is 17.9 Å². The summed E-state index contributed by atoms with van der Waals surface area (Å²) < 4.78 is 39.6. The number of nitrogens with one attached hydrogen (secondary N) is 1. The molecule has 2 N–H and O–H groups in total. The molecule has 18 heavy (non-hydrogen) atoms. The zero-order valence-electron chi connectivity index (χ0n) is 10.7. The molecule has 0 atom stereocenters. The molecule has 102 valence electrons. The summed E-state index contributed by atoms with van der Waals surface area (Å²) in [6, 6.07) is 2.31. The first-order chi connectivity index (χ1) is 7.97. The number of hydrogen-bond donors (Lipinski definition) is 2. The molecule has 0 aliphatic heterocycles. The van der Waals surface area contributed by atoms with Gasteiger partial charge in [0, 0.05) is 6.20 Å². The van der Waals surface area contributed by atoms with Gasteiger partial charge in [0.2, 0.25) is 5.03 Å². The third-order valence-corrected chi connectivity index (χ3v) is 4.49. The SMILES string of the molecule is CC(C)(O)C(C)(C)NS(=O)(=O)c1ncccc1F. The first-order valence-corrected chi connectivity index (χ1v) is 6.82. The maximum absolute atomic E-state index is 13.4. The second kappa shape index (κ2) is 4.56. The van der Waals surface area contributed by atoms with Crippen molar-refractivity contribution in [2.24, 2.45) is 0 Å². The van der Waals surface area contributed by atoms with E-state index in [0.717, 1.165) is 6.07 Å². The fourth-order valence-electron chi connectivity index (χ4n) is 1.08. The summed E-state index contributed by atoms with van der Waals surface area (Å²) in [6.07, 6.45) is 1.19. The van der Waals surface area contributed by atoms with Crippen LogP contribution in [0.3, 0.4) is 0 Å². The highest BCUT2D eigenvalue weighted by atomic mass is 32.2. The number of halogens is 1. The molecule has 1 heterocycles. The van der Waals surface area contributed by atoms with Gasteiger partial charge in [-0.3, -0.25) is 0 Å². The predicted octanol–water partition coefficient (Wildman–Crippen LogP) is 1.05. The van der Waals surface area contributed by atoms with Crippen LogP contribution in [0.2, 0.25) is 0 Å². The molecule has 1 aromatic heterocycles. The number of rotatable bonds is 4. The Labute approximate surface area is 106 Å². The topological polar surface area (TPSA) is 79.3 Å². The summed E-state index contributed by atoms with van der Waals surface area (Å²) in [6.45, 7) is 5.94. The molecule has 0 radical (unpaired) electrons. The van der Waals surface area contributed by atoms with E-state index in [1.807, 2.05) is 0 Å². The minimum Gasteiger partial charge on any atom is -0.389 e. The van der Waals surface area contributed by atoms with Crippen molar-refractivity contribution in [2.45, 2.75) is 43.9 Å². The molecule has 0 aromatic carbocycles. The fraction of sp³-hybridized carbons (Fsp3) is 0.545. The van der Waals surface area contributed by atoms with Crippen LogP contribution in [-0.4, -0.2) is 29.6 Å². The molecule has 0 fully saturated rings. The summed E-state index contributed by atoms with van der Waals surface area (Å²) in [5.74, 6) is -0.934. The quantitative estimate of drug-likeness (QED) is 0.861. The van der Waals surface area contributed by atoms with Gasteiger partial charge in [0.25, 0.3) is 10.0 Å². The van der Waals surface area contributed by atoms with Crippen LogP contribution < -0.4 is 4.72 Å². The Hall–Kier alpha value is -1.05. The summed E-state index contributed by atoms with van der Waals surface area (Å²) in [4.78, 5) is 3.51. The highest BCUT2D eigenvalue weighted by Crippen LogP contribution is 2.23. The summed E-state index contributed by atoms with van der Waals surface area (Å²) in [7, 11) is -4.13. The van der Waals surface area contributed by atoms with Crippen LogP contribution in [0.4, 0.5) is 4.39 Å². The van der Waals surface area contributed by atoms with Gasteiger partial charge in [-0.25, -0.2) is 22.5 Å². The summed E-state index contributed by atoms with van der Waals surface area (Å²) in [5.41, 5.74) is -2.48. The van der Waals surface area contributed by atoms with E-state index in [1.165, 1.54) is 40.0 Å². The fourth-order valence-corrected chi connectivity index (χ4v) is 2.62. The smallest absolute Gasteiger partial charge is 0.261 e. The van der Waals surface area contributed by atoms with Crippen molar-refractivity contribution in [1.29, 1.82) is 0 Å². The number of aromatic nitrogens is 1. The zero-order valence-corrected chi connectivity index (χ0v) is 11.5. The van der Waals surface area contributed by atoms with Crippen molar-refractivity contribution >= 4 is 10.0 Å². The number of hydrogen-bond acceptors (Lipinski definition) is 4. The van der Waals surface area contributed by atoms with Crippen molar-refractivity contribution in [3.63, 3.8) is 0 Å². The molecular weight excluding hydrogens is 259 g/mol. The Morgan fingerprint density at radius 2 is 1.89 bits per heavy atom. The maximum atomic E-state index is 13.4. The van der Waals surface area contributed by atoms with Crippen LogP contribution in [0.5, 0.6) is 0 Å². The molecule has 0 saturated heterocycles. The lowest BCUT2D eigenvalue weighted by Gasteiger charge is -2.37. The van der Waals surface area contributed by atoms with E-state index in [2.05, 4.69) is 9.71 Å². The van der Waals surface area contributed by atoms with Crippen molar-refractivity contribution < 1.29 is 17.9 Å². The Balaban J connectivity index is 3.16. The second-order valence-electron chi connectivity index (χ2n) is 5.08. The molecule has 5 nitrogen and oxygen atoms in total. The van der Waals surface area contributed by atoms with Gasteiger partial charge in [0.1, 0.15) is 0 Å². The number of nitrogens with zero attached hydrogens (tertiary/aromatic N) is 1. The van der Waals surface area contributed by atoms with Crippen LogP contribution in [-0.2, 0) is 10.0 Å². The normalized spacial score (nSPS) is 13.7. The maximum Gasteiger partial charge on any atom is 0.261 e. The number of aliphatic hydroxyl groups is 1. The van der Waals surface area contributed by atoms with Crippen molar-refractivity contribution in [3.8, 4) is 0 Å². The molecule has 7 heteroatoms. The number of sulfonamides is 1. The Bertz CT molecular complexity index is 535. The van der Waals surface area contributed by atoms with Crippen LogP contribution in [0, 0.1) is 5.82 Å². The van der Waals surface area contributed by atoms with Crippen LogP contribution >= 0.6 is 0 Å².